The van der Waals surface area contributed by atoms with Crippen molar-refractivity contribution in [2.75, 3.05) is 14.2 Å². The minimum atomic E-state index is -1.69. The van der Waals surface area contributed by atoms with Crippen LogP contribution in [0.15, 0.2) is 0 Å². The highest BCUT2D eigenvalue weighted by atomic mass is 35.5. The molecule has 0 bridgehead atoms. The molecule has 0 heterocycles. The number of carbonyl (C=O) groups is 1. The molecule has 0 aromatic heterocycles. The van der Waals surface area contributed by atoms with Crippen molar-refractivity contribution in [3.8, 4) is 11.5 Å². The molecule has 2 N–H and O–H groups in total. The molecule has 0 aliphatic rings. The summed E-state index contributed by atoms with van der Waals surface area (Å²) in [6.07, 6.45) is -1.69. The lowest BCUT2D eigenvalue weighted by Gasteiger charge is -2.20. The number of aliphatic hydroxyl groups excluding tert-OH is 1. The minimum Gasteiger partial charge on any atom is -0.496 e. The Bertz CT molecular complexity index is 484. The maximum Gasteiger partial charge on any atom is 0.337 e. The van der Waals surface area contributed by atoms with Crippen LogP contribution in [0.2, 0.25) is 5.02 Å². The van der Waals surface area contributed by atoms with E-state index in [1.165, 1.54) is 14.2 Å². The molecule has 1 unspecified atom stereocenters. The number of aliphatic hydroxyl groups is 1. The summed E-state index contributed by atoms with van der Waals surface area (Å²) in [7, 11) is 2.82. The number of aliphatic carboxylic acids is 1. The fourth-order valence-corrected chi connectivity index (χ4v) is 2.19. The summed E-state index contributed by atoms with van der Waals surface area (Å²) in [5.74, 6) is -0.765. The van der Waals surface area contributed by atoms with E-state index in [0.29, 0.717) is 21.9 Å². The Hall–Kier alpha value is -1.46. The summed E-state index contributed by atoms with van der Waals surface area (Å²) in [5.41, 5.74) is 1.13. The number of benzene rings is 1. The summed E-state index contributed by atoms with van der Waals surface area (Å²) >= 11 is 6.10. The minimum absolute atomic E-state index is 0.156. The van der Waals surface area contributed by atoms with Gasteiger partial charge in [-0.05, 0) is 13.8 Å². The lowest BCUT2D eigenvalue weighted by atomic mass is 9.97. The van der Waals surface area contributed by atoms with Crippen LogP contribution >= 0.6 is 11.6 Å². The van der Waals surface area contributed by atoms with Crippen LogP contribution in [-0.4, -0.2) is 30.4 Å². The van der Waals surface area contributed by atoms with Crippen LogP contribution in [0.4, 0.5) is 0 Å². The first-order valence-corrected chi connectivity index (χ1v) is 5.55. The molecule has 0 amide bonds. The molecule has 18 heavy (non-hydrogen) atoms. The molecule has 0 fully saturated rings. The Morgan fingerprint density at radius 2 is 1.67 bits per heavy atom. The fourth-order valence-electron chi connectivity index (χ4n) is 1.89. The number of methoxy groups -OCH3 is 2. The van der Waals surface area contributed by atoms with Gasteiger partial charge in [0.2, 0.25) is 0 Å². The molecule has 0 saturated heterocycles. The molecule has 0 aliphatic carbocycles. The second kappa shape index (κ2) is 5.46. The number of rotatable bonds is 4. The van der Waals surface area contributed by atoms with Gasteiger partial charge in [-0.25, -0.2) is 4.79 Å². The highest BCUT2D eigenvalue weighted by Gasteiger charge is 2.28. The molecule has 1 rings (SSSR count). The lowest BCUT2D eigenvalue weighted by molar-refractivity contribution is -0.147. The number of carboxylic acids is 1. The molecule has 1 aromatic carbocycles. The molecule has 1 atom stereocenters. The van der Waals surface area contributed by atoms with Crippen molar-refractivity contribution in [2.24, 2.45) is 0 Å². The second-order valence-corrected chi connectivity index (χ2v) is 4.16. The molecular weight excluding hydrogens is 260 g/mol. The first-order chi connectivity index (χ1) is 8.36. The fraction of sp³-hybridized carbons (Fsp3) is 0.417. The van der Waals surface area contributed by atoms with E-state index in [1.54, 1.807) is 13.8 Å². The zero-order valence-corrected chi connectivity index (χ0v) is 11.3. The molecule has 0 spiro atoms. The maximum absolute atomic E-state index is 10.9. The topological polar surface area (TPSA) is 76.0 Å². The summed E-state index contributed by atoms with van der Waals surface area (Å²) in [4.78, 5) is 10.9. The van der Waals surface area contributed by atoms with Gasteiger partial charge in [0.1, 0.15) is 11.5 Å². The van der Waals surface area contributed by atoms with Crippen molar-refractivity contribution < 1.29 is 24.5 Å². The SMILES string of the molecule is COc1c(C)c(C(O)C(=O)O)c(OC)c(C)c1Cl. The van der Waals surface area contributed by atoms with Crippen LogP contribution in [0.5, 0.6) is 11.5 Å². The molecule has 0 aliphatic heterocycles. The number of hydrogen-bond acceptors (Lipinski definition) is 4. The summed E-state index contributed by atoms with van der Waals surface area (Å²) in [6.45, 7) is 3.29. The molecule has 6 heteroatoms. The molecule has 1 aromatic rings. The van der Waals surface area contributed by atoms with Crippen molar-refractivity contribution in [3.05, 3.63) is 21.7 Å². The van der Waals surface area contributed by atoms with E-state index < -0.39 is 12.1 Å². The summed E-state index contributed by atoms with van der Waals surface area (Å²) < 4.78 is 10.3. The summed E-state index contributed by atoms with van der Waals surface area (Å²) in [5, 5.41) is 19.0. The Labute approximate surface area is 110 Å². The summed E-state index contributed by atoms with van der Waals surface area (Å²) in [6, 6.07) is 0. The first kappa shape index (κ1) is 14.6. The van der Waals surface area contributed by atoms with Crippen LogP contribution in [-0.2, 0) is 4.79 Å². The van der Waals surface area contributed by atoms with Gasteiger partial charge in [0.05, 0.1) is 19.2 Å². The van der Waals surface area contributed by atoms with Gasteiger partial charge < -0.3 is 19.7 Å². The van der Waals surface area contributed by atoms with Crippen molar-refractivity contribution in [3.63, 3.8) is 0 Å². The molecule has 0 saturated carbocycles. The molecule has 0 radical (unpaired) electrons. The Morgan fingerprint density at radius 3 is 2.06 bits per heavy atom. The van der Waals surface area contributed by atoms with E-state index in [2.05, 4.69) is 0 Å². The Balaban J connectivity index is 3.67. The van der Waals surface area contributed by atoms with E-state index in [0.717, 1.165) is 0 Å². The van der Waals surface area contributed by atoms with Crippen molar-refractivity contribution >= 4 is 17.6 Å². The predicted molar refractivity (Wildman–Crippen MR) is 66.6 cm³/mol. The standard InChI is InChI=1S/C12H15ClO5/c1-5-7(9(14)12(15)16)10(17-3)6(2)8(13)11(5)18-4/h9,14H,1-4H3,(H,15,16). The maximum atomic E-state index is 10.9. The normalized spacial score (nSPS) is 12.1. The number of halogens is 1. The van der Waals surface area contributed by atoms with E-state index in [9.17, 15) is 9.90 Å². The van der Waals surface area contributed by atoms with Gasteiger partial charge in [-0.3, -0.25) is 0 Å². The van der Waals surface area contributed by atoms with Gasteiger partial charge in [0.15, 0.2) is 6.10 Å². The predicted octanol–water partition coefficient (Wildman–Crippen LogP) is 2.09. The van der Waals surface area contributed by atoms with E-state index in [-0.39, 0.29) is 11.3 Å². The molecule has 100 valence electrons. The van der Waals surface area contributed by atoms with Crippen molar-refractivity contribution in [1.82, 2.24) is 0 Å². The highest BCUT2D eigenvalue weighted by molar-refractivity contribution is 6.33. The van der Waals surface area contributed by atoms with Crippen LogP contribution < -0.4 is 9.47 Å². The average molecular weight is 275 g/mol. The third-order valence-electron chi connectivity index (χ3n) is 2.77. The first-order valence-electron chi connectivity index (χ1n) is 5.18. The number of hydrogen-bond donors (Lipinski definition) is 2. The molecule has 5 nitrogen and oxygen atoms in total. The van der Waals surface area contributed by atoms with E-state index >= 15 is 0 Å². The van der Waals surface area contributed by atoms with Crippen LogP contribution in [0.3, 0.4) is 0 Å². The Morgan fingerprint density at radius 1 is 1.17 bits per heavy atom. The van der Waals surface area contributed by atoms with Gasteiger partial charge in [-0.2, -0.15) is 0 Å². The van der Waals surface area contributed by atoms with E-state index in [4.69, 9.17) is 26.2 Å². The zero-order valence-electron chi connectivity index (χ0n) is 10.6. The lowest BCUT2D eigenvalue weighted by Crippen LogP contribution is -2.14. The van der Waals surface area contributed by atoms with E-state index in [1.807, 2.05) is 0 Å². The van der Waals surface area contributed by atoms with Gasteiger partial charge in [-0.1, -0.05) is 11.6 Å². The van der Waals surface area contributed by atoms with Crippen LogP contribution in [0, 0.1) is 13.8 Å². The monoisotopic (exact) mass is 274 g/mol. The van der Waals surface area contributed by atoms with Crippen LogP contribution in [0.25, 0.3) is 0 Å². The average Bonchev–Trinajstić information content (AvgIpc) is 2.33. The van der Waals surface area contributed by atoms with Gasteiger partial charge >= 0.3 is 5.97 Å². The third kappa shape index (κ3) is 2.23. The number of carboxylic acid groups (broad SMARTS) is 1. The van der Waals surface area contributed by atoms with Gasteiger partial charge in [0.25, 0.3) is 0 Å². The van der Waals surface area contributed by atoms with Gasteiger partial charge in [0, 0.05) is 16.7 Å². The highest BCUT2D eigenvalue weighted by Crippen LogP contribution is 2.43. The number of ether oxygens (including phenoxy) is 2. The van der Waals surface area contributed by atoms with Crippen molar-refractivity contribution in [2.45, 2.75) is 20.0 Å². The van der Waals surface area contributed by atoms with Crippen molar-refractivity contribution in [1.29, 1.82) is 0 Å². The molecular formula is C12H15ClO5. The van der Waals surface area contributed by atoms with Gasteiger partial charge in [-0.15, -0.1) is 0 Å². The zero-order chi connectivity index (χ0) is 14.0. The Kier molecular flexibility index (Phi) is 4.43. The second-order valence-electron chi connectivity index (χ2n) is 3.78. The largest absolute Gasteiger partial charge is 0.496 e. The third-order valence-corrected chi connectivity index (χ3v) is 3.23. The smallest absolute Gasteiger partial charge is 0.337 e. The quantitative estimate of drug-likeness (QED) is 0.879. The van der Waals surface area contributed by atoms with Crippen LogP contribution in [0.1, 0.15) is 22.8 Å².